The van der Waals surface area contributed by atoms with Gasteiger partial charge in [-0.3, -0.25) is 4.79 Å². The zero-order valence-electron chi connectivity index (χ0n) is 10.1. The second-order valence-corrected chi connectivity index (χ2v) is 4.24. The summed E-state index contributed by atoms with van der Waals surface area (Å²) in [4.78, 5) is 11.6. The lowest BCUT2D eigenvalue weighted by molar-refractivity contribution is -0.118. The van der Waals surface area contributed by atoms with Crippen LogP contribution in [-0.4, -0.2) is 5.91 Å². The molecule has 0 radical (unpaired) electrons. The fourth-order valence-electron chi connectivity index (χ4n) is 1.49. The molecule has 1 aromatic carbocycles. The first kappa shape index (κ1) is 12.3. The second kappa shape index (κ2) is 4.80. The van der Waals surface area contributed by atoms with E-state index in [1.807, 2.05) is 27.7 Å². The smallest absolute Gasteiger partial charge is 0.226 e. The fourth-order valence-corrected chi connectivity index (χ4v) is 1.49. The summed E-state index contributed by atoms with van der Waals surface area (Å²) in [7, 11) is 0. The van der Waals surface area contributed by atoms with Crippen molar-refractivity contribution in [3.63, 3.8) is 0 Å². The second-order valence-electron chi connectivity index (χ2n) is 4.24. The number of aryl methyl sites for hydroxylation is 2. The van der Waals surface area contributed by atoms with E-state index in [0.29, 0.717) is 5.56 Å². The van der Waals surface area contributed by atoms with Crippen LogP contribution in [0.4, 0.5) is 5.69 Å². The molecule has 0 saturated heterocycles. The third-order valence-corrected chi connectivity index (χ3v) is 2.43. The maximum absolute atomic E-state index is 11.6. The molecule has 1 amide bonds. The quantitative estimate of drug-likeness (QED) is 0.826. The van der Waals surface area contributed by atoms with Gasteiger partial charge in [-0.15, -0.1) is 0 Å². The highest BCUT2D eigenvalue weighted by molar-refractivity contribution is 5.93. The number of anilines is 1. The van der Waals surface area contributed by atoms with Gasteiger partial charge < -0.3 is 5.32 Å². The van der Waals surface area contributed by atoms with Crippen LogP contribution < -0.4 is 5.32 Å². The third-order valence-electron chi connectivity index (χ3n) is 2.43. The minimum absolute atomic E-state index is 0.00379. The van der Waals surface area contributed by atoms with Gasteiger partial charge in [0.15, 0.2) is 0 Å². The van der Waals surface area contributed by atoms with E-state index in [9.17, 15) is 4.79 Å². The van der Waals surface area contributed by atoms with Crippen LogP contribution in [0.25, 0.3) is 0 Å². The number of rotatable bonds is 2. The Labute approximate surface area is 96.1 Å². The van der Waals surface area contributed by atoms with Gasteiger partial charge in [0.25, 0.3) is 0 Å². The number of benzene rings is 1. The van der Waals surface area contributed by atoms with Gasteiger partial charge in [0.2, 0.25) is 5.91 Å². The van der Waals surface area contributed by atoms with Crippen molar-refractivity contribution >= 4 is 11.6 Å². The molecule has 0 aliphatic rings. The van der Waals surface area contributed by atoms with E-state index in [2.05, 4.69) is 11.4 Å². The Morgan fingerprint density at radius 1 is 1.31 bits per heavy atom. The highest BCUT2D eigenvalue weighted by Crippen LogP contribution is 2.22. The molecule has 0 fully saturated rings. The van der Waals surface area contributed by atoms with Gasteiger partial charge in [0.05, 0.1) is 11.6 Å². The molecule has 0 saturated carbocycles. The molecule has 1 aromatic rings. The van der Waals surface area contributed by atoms with Crippen molar-refractivity contribution in [2.75, 3.05) is 5.32 Å². The normalized spacial score (nSPS) is 10.0. The number of amides is 1. The van der Waals surface area contributed by atoms with Gasteiger partial charge in [0, 0.05) is 11.6 Å². The summed E-state index contributed by atoms with van der Waals surface area (Å²) < 4.78 is 0. The van der Waals surface area contributed by atoms with Crippen molar-refractivity contribution in [1.82, 2.24) is 0 Å². The first-order chi connectivity index (χ1) is 7.45. The average Bonchev–Trinajstić information content (AvgIpc) is 2.22. The van der Waals surface area contributed by atoms with Gasteiger partial charge in [0.1, 0.15) is 0 Å². The van der Waals surface area contributed by atoms with Gasteiger partial charge in [-0.2, -0.15) is 5.26 Å². The summed E-state index contributed by atoms with van der Waals surface area (Å²) in [5, 5.41) is 11.7. The SMILES string of the molecule is Cc1cc(C#N)cc(C)c1NC(=O)C(C)C. The number of hydrogen-bond acceptors (Lipinski definition) is 2. The van der Waals surface area contributed by atoms with Gasteiger partial charge in [-0.1, -0.05) is 13.8 Å². The number of nitriles is 1. The molecule has 0 aromatic heterocycles. The zero-order chi connectivity index (χ0) is 12.3. The molecule has 1 N–H and O–H groups in total. The van der Waals surface area contributed by atoms with E-state index in [0.717, 1.165) is 16.8 Å². The molecule has 3 nitrogen and oxygen atoms in total. The number of carbonyl (C=O) groups is 1. The molecular weight excluding hydrogens is 200 g/mol. The lowest BCUT2D eigenvalue weighted by atomic mass is 10.0. The van der Waals surface area contributed by atoms with Gasteiger partial charge in [-0.25, -0.2) is 0 Å². The molecule has 0 bridgehead atoms. The summed E-state index contributed by atoms with van der Waals surface area (Å²) in [6.07, 6.45) is 0. The number of nitrogens with zero attached hydrogens (tertiary/aromatic N) is 1. The van der Waals surface area contributed by atoms with E-state index in [1.165, 1.54) is 0 Å². The minimum atomic E-state index is -0.0468. The van der Waals surface area contributed by atoms with Crippen LogP contribution in [0, 0.1) is 31.1 Å². The summed E-state index contributed by atoms with van der Waals surface area (Å²) in [6, 6.07) is 5.66. The summed E-state index contributed by atoms with van der Waals surface area (Å²) in [6.45, 7) is 7.49. The van der Waals surface area contributed by atoms with Crippen molar-refractivity contribution in [2.24, 2.45) is 5.92 Å². The Kier molecular flexibility index (Phi) is 3.68. The highest BCUT2D eigenvalue weighted by atomic mass is 16.1. The van der Waals surface area contributed by atoms with Crippen LogP contribution in [0.1, 0.15) is 30.5 Å². The first-order valence-corrected chi connectivity index (χ1v) is 5.28. The predicted octanol–water partition coefficient (Wildman–Crippen LogP) is 2.77. The number of carbonyl (C=O) groups excluding carboxylic acids is 1. The molecule has 0 heterocycles. The van der Waals surface area contributed by atoms with Crippen LogP contribution in [0.5, 0.6) is 0 Å². The molecule has 0 atom stereocenters. The predicted molar refractivity (Wildman–Crippen MR) is 64.1 cm³/mol. The molecule has 0 spiro atoms. The summed E-state index contributed by atoms with van der Waals surface area (Å²) in [5.41, 5.74) is 3.28. The topological polar surface area (TPSA) is 52.9 Å². The third kappa shape index (κ3) is 2.60. The molecular formula is C13H16N2O. The van der Waals surface area contributed by atoms with Crippen molar-refractivity contribution in [3.05, 3.63) is 28.8 Å². The zero-order valence-corrected chi connectivity index (χ0v) is 10.1. The van der Waals surface area contributed by atoms with Crippen LogP contribution in [0.3, 0.4) is 0 Å². The van der Waals surface area contributed by atoms with Crippen molar-refractivity contribution < 1.29 is 4.79 Å². The lowest BCUT2D eigenvalue weighted by Crippen LogP contribution is -2.19. The lowest BCUT2D eigenvalue weighted by Gasteiger charge is -2.13. The molecule has 3 heteroatoms. The van der Waals surface area contributed by atoms with Gasteiger partial charge >= 0.3 is 0 Å². The van der Waals surface area contributed by atoms with Crippen molar-refractivity contribution in [2.45, 2.75) is 27.7 Å². The van der Waals surface area contributed by atoms with E-state index < -0.39 is 0 Å². The van der Waals surface area contributed by atoms with Crippen molar-refractivity contribution in [1.29, 1.82) is 5.26 Å². The standard InChI is InChI=1S/C13H16N2O/c1-8(2)13(16)15-12-9(3)5-11(7-14)6-10(12)4/h5-6,8H,1-4H3,(H,15,16). The summed E-state index contributed by atoms with van der Waals surface area (Å²) >= 11 is 0. The van der Waals surface area contributed by atoms with Crippen LogP contribution in [0.15, 0.2) is 12.1 Å². The average molecular weight is 216 g/mol. The maximum Gasteiger partial charge on any atom is 0.226 e. The van der Waals surface area contributed by atoms with Gasteiger partial charge in [-0.05, 0) is 37.1 Å². The van der Waals surface area contributed by atoms with Crippen LogP contribution in [0.2, 0.25) is 0 Å². The Morgan fingerprint density at radius 2 is 1.81 bits per heavy atom. The molecule has 1 rings (SSSR count). The number of hydrogen-bond donors (Lipinski definition) is 1. The van der Waals surface area contributed by atoms with E-state index >= 15 is 0 Å². The minimum Gasteiger partial charge on any atom is -0.325 e. The Bertz CT molecular complexity index is 432. The molecule has 84 valence electrons. The first-order valence-electron chi connectivity index (χ1n) is 5.28. The van der Waals surface area contributed by atoms with E-state index in [4.69, 9.17) is 5.26 Å². The van der Waals surface area contributed by atoms with Crippen LogP contribution >= 0.6 is 0 Å². The van der Waals surface area contributed by atoms with Crippen LogP contribution in [-0.2, 0) is 4.79 Å². The number of nitrogens with one attached hydrogen (secondary N) is 1. The highest BCUT2D eigenvalue weighted by Gasteiger charge is 2.11. The Morgan fingerprint density at radius 3 is 2.19 bits per heavy atom. The van der Waals surface area contributed by atoms with Crippen molar-refractivity contribution in [3.8, 4) is 6.07 Å². The molecule has 0 unspecified atom stereocenters. The largest absolute Gasteiger partial charge is 0.325 e. The van der Waals surface area contributed by atoms with E-state index in [1.54, 1.807) is 12.1 Å². The summed E-state index contributed by atoms with van der Waals surface area (Å²) in [5.74, 6) is -0.0506. The van der Waals surface area contributed by atoms with E-state index in [-0.39, 0.29) is 11.8 Å². The maximum atomic E-state index is 11.6. The molecule has 0 aliphatic carbocycles. The molecule has 16 heavy (non-hydrogen) atoms. The Balaban J connectivity index is 3.07. The monoisotopic (exact) mass is 216 g/mol. The Hall–Kier alpha value is -1.82. The fraction of sp³-hybridized carbons (Fsp3) is 0.385. The molecule has 0 aliphatic heterocycles.